The quantitative estimate of drug-likeness (QED) is 0.572. The highest BCUT2D eigenvalue weighted by Gasteiger charge is 2.26. The first kappa shape index (κ1) is 23.7. The topological polar surface area (TPSA) is 91.3 Å². The second-order valence-electron chi connectivity index (χ2n) is 8.60. The minimum Gasteiger partial charge on any atom is -0.348 e. The van der Waals surface area contributed by atoms with Crippen LogP contribution < -0.4 is 5.32 Å². The summed E-state index contributed by atoms with van der Waals surface area (Å²) in [7, 11) is 0. The van der Waals surface area contributed by atoms with Crippen LogP contribution in [0.25, 0.3) is 11.3 Å². The molecule has 9 heteroatoms. The average molecular weight is 501 g/mol. The largest absolute Gasteiger partial charge is 0.348 e. The molecule has 2 amide bonds. The van der Waals surface area contributed by atoms with Crippen molar-refractivity contribution in [2.24, 2.45) is 0 Å². The highest BCUT2D eigenvalue weighted by atomic mass is 35.5. The molecule has 3 heterocycles. The lowest BCUT2D eigenvalue weighted by atomic mass is 10.0. The molecule has 1 aliphatic carbocycles. The van der Waals surface area contributed by atoms with Gasteiger partial charge in [-0.25, -0.2) is 9.97 Å². The van der Waals surface area contributed by atoms with Crippen molar-refractivity contribution in [3.8, 4) is 11.3 Å². The van der Waals surface area contributed by atoms with Crippen molar-refractivity contribution in [2.45, 2.75) is 12.5 Å². The lowest BCUT2D eigenvalue weighted by Crippen LogP contribution is -2.51. The summed E-state index contributed by atoms with van der Waals surface area (Å²) in [6.07, 6.45) is 11.3. The van der Waals surface area contributed by atoms with Crippen LogP contribution in [0.3, 0.4) is 0 Å². The number of amides is 2. The molecule has 182 valence electrons. The molecule has 1 unspecified atom stereocenters. The first-order valence-corrected chi connectivity index (χ1v) is 12.2. The van der Waals surface area contributed by atoms with E-state index in [1.165, 1.54) is 0 Å². The van der Waals surface area contributed by atoms with Gasteiger partial charge in [0.1, 0.15) is 0 Å². The van der Waals surface area contributed by atoms with E-state index < -0.39 is 0 Å². The van der Waals surface area contributed by atoms with Crippen molar-refractivity contribution in [2.75, 3.05) is 31.5 Å². The zero-order valence-electron chi connectivity index (χ0n) is 19.5. The fraction of sp³-hybridized carbons (Fsp3) is 0.222. The number of aromatic nitrogens is 3. The van der Waals surface area contributed by atoms with Gasteiger partial charge in [0.05, 0.1) is 17.3 Å². The molecule has 1 N–H and O–H groups in total. The third kappa shape index (κ3) is 5.44. The molecule has 1 atom stereocenters. The third-order valence-electron chi connectivity index (χ3n) is 6.22. The number of halogens is 1. The van der Waals surface area contributed by atoms with Gasteiger partial charge < -0.3 is 15.1 Å². The van der Waals surface area contributed by atoms with E-state index in [1.54, 1.807) is 40.5 Å². The van der Waals surface area contributed by atoms with Crippen LogP contribution in [0.1, 0.15) is 16.8 Å². The number of hydrogen-bond donors (Lipinski definition) is 1. The summed E-state index contributed by atoms with van der Waals surface area (Å²) in [6, 6.07) is 12.8. The minimum atomic E-state index is -0.0526. The lowest BCUT2D eigenvalue weighted by molar-refractivity contribution is -0.128. The molecular weight excluding hydrogens is 476 g/mol. The number of carbonyl (C=O) groups excluding carboxylic acids is 2. The van der Waals surface area contributed by atoms with Crippen molar-refractivity contribution in [1.82, 2.24) is 24.8 Å². The number of rotatable bonds is 5. The van der Waals surface area contributed by atoms with E-state index in [2.05, 4.69) is 20.3 Å². The molecule has 0 radical (unpaired) electrons. The number of pyridine rings is 1. The van der Waals surface area contributed by atoms with Gasteiger partial charge in [-0.3, -0.25) is 14.6 Å². The van der Waals surface area contributed by atoms with Crippen LogP contribution in [0, 0.1) is 0 Å². The fourth-order valence-electron chi connectivity index (χ4n) is 4.23. The SMILES string of the molecule is O=C(C1=CCC(Nc2nccc(-c3ccc(Cl)cc3)n2)C=C1)N1CCN(C(=O)c2cccnc2)CC1. The molecule has 1 aliphatic heterocycles. The van der Waals surface area contributed by atoms with E-state index in [0.717, 1.165) is 11.3 Å². The summed E-state index contributed by atoms with van der Waals surface area (Å²) in [5, 5.41) is 4.00. The maximum atomic E-state index is 13.0. The Balaban J connectivity index is 1.14. The first-order valence-electron chi connectivity index (χ1n) is 11.8. The molecule has 5 rings (SSSR count). The van der Waals surface area contributed by atoms with Crippen LogP contribution in [0.4, 0.5) is 5.95 Å². The smallest absolute Gasteiger partial charge is 0.255 e. The average Bonchev–Trinajstić information content (AvgIpc) is 2.94. The Morgan fingerprint density at radius 1 is 0.944 bits per heavy atom. The lowest BCUT2D eigenvalue weighted by Gasteiger charge is -2.35. The Labute approximate surface area is 214 Å². The van der Waals surface area contributed by atoms with Crippen molar-refractivity contribution < 1.29 is 9.59 Å². The number of benzene rings is 1. The van der Waals surface area contributed by atoms with Gasteiger partial charge in [-0.15, -0.1) is 0 Å². The predicted octanol–water partition coefficient (Wildman–Crippen LogP) is 3.84. The second-order valence-corrected chi connectivity index (χ2v) is 9.04. The zero-order chi connectivity index (χ0) is 24.9. The summed E-state index contributed by atoms with van der Waals surface area (Å²) in [5.41, 5.74) is 2.99. The van der Waals surface area contributed by atoms with Gasteiger partial charge in [0.25, 0.3) is 11.8 Å². The van der Waals surface area contributed by atoms with Crippen molar-refractivity contribution >= 4 is 29.4 Å². The molecule has 0 saturated carbocycles. The highest BCUT2D eigenvalue weighted by Crippen LogP contribution is 2.22. The minimum absolute atomic E-state index is 0.0147. The molecular formula is C27H25ClN6O2. The van der Waals surface area contributed by atoms with Crippen molar-refractivity contribution in [3.05, 3.63) is 95.4 Å². The standard InChI is InChI=1S/C27H25ClN6O2/c28-22-7-3-19(4-8-22)24-11-13-30-27(32-24)31-23-9-5-20(6-10-23)25(35)33-14-16-34(17-15-33)26(36)21-2-1-12-29-18-21/h1-9,11-13,18,23H,10,14-17H2,(H,30,31,32). The maximum absolute atomic E-state index is 13.0. The van der Waals surface area contributed by atoms with Crippen molar-refractivity contribution in [1.29, 1.82) is 0 Å². The Bertz CT molecular complexity index is 1300. The Morgan fingerprint density at radius 2 is 1.69 bits per heavy atom. The normalized spacial score (nSPS) is 17.5. The molecule has 0 spiro atoms. The van der Waals surface area contributed by atoms with Gasteiger partial charge in [-0.2, -0.15) is 0 Å². The number of piperazine rings is 1. The molecule has 2 aliphatic rings. The van der Waals surface area contributed by atoms with Gasteiger partial charge in [0, 0.05) is 60.9 Å². The second kappa shape index (κ2) is 10.7. The number of carbonyl (C=O) groups is 2. The fourth-order valence-corrected chi connectivity index (χ4v) is 4.35. The van der Waals surface area contributed by atoms with Crippen LogP contribution in [-0.2, 0) is 4.79 Å². The predicted molar refractivity (Wildman–Crippen MR) is 138 cm³/mol. The van der Waals surface area contributed by atoms with Gasteiger partial charge in [0.2, 0.25) is 5.95 Å². The highest BCUT2D eigenvalue weighted by molar-refractivity contribution is 6.30. The number of nitrogens with one attached hydrogen (secondary N) is 1. The number of hydrogen-bond acceptors (Lipinski definition) is 6. The molecule has 8 nitrogen and oxygen atoms in total. The summed E-state index contributed by atoms with van der Waals surface area (Å²) < 4.78 is 0. The van der Waals surface area contributed by atoms with E-state index >= 15 is 0 Å². The molecule has 2 aromatic heterocycles. The first-order chi connectivity index (χ1) is 17.6. The summed E-state index contributed by atoms with van der Waals surface area (Å²) in [6.45, 7) is 2.01. The molecule has 1 aromatic carbocycles. The van der Waals surface area contributed by atoms with Gasteiger partial charge >= 0.3 is 0 Å². The molecule has 3 aromatic rings. The van der Waals surface area contributed by atoms with Crippen molar-refractivity contribution in [3.63, 3.8) is 0 Å². The number of anilines is 1. The van der Waals surface area contributed by atoms with Gasteiger partial charge in [-0.05, 0) is 36.8 Å². The maximum Gasteiger partial charge on any atom is 0.255 e. The van der Waals surface area contributed by atoms with E-state index in [9.17, 15) is 9.59 Å². The third-order valence-corrected chi connectivity index (χ3v) is 6.47. The van der Waals surface area contributed by atoms with Crippen LogP contribution in [0.2, 0.25) is 5.02 Å². The molecule has 36 heavy (non-hydrogen) atoms. The van der Waals surface area contributed by atoms with E-state index in [1.807, 2.05) is 48.6 Å². The summed E-state index contributed by atoms with van der Waals surface area (Å²) >= 11 is 5.98. The molecule has 0 bridgehead atoms. The van der Waals surface area contributed by atoms with Crippen LogP contribution in [0.15, 0.2) is 84.9 Å². The van der Waals surface area contributed by atoms with Gasteiger partial charge in [-0.1, -0.05) is 42.0 Å². The van der Waals surface area contributed by atoms with Crippen LogP contribution >= 0.6 is 11.6 Å². The Hall–Kier alpha value is -4.04. The van der Waals surface area contributed by atoms with E-state index in [0.29, 0.717) is 54.7 Å². The zero-order valence-corrected chi connectivity index (χ0v) is 20.3. The van der Waals surface area contributed by atoms with E-state index in [-0.39, 0.29) is 17.9 Å². The molecule has 1 saturated heterocycles. The summed E-state index contributed by atoms with van der Waals surface area (Å²) in [4.78, 5) is 42.2. The number of nitrogens with zero attached hydrogens (tertiary/aromatic N) is 5. The molecule has 1 fully saturated rings. The summed E-state index contributed by atoms with van der Waals surface area (Å²) in [5.74, 6) is 0.456. The monoisotopic (exact) mass is 500 g/mol. The van der Waals surface area contributed by atoms with Gasteiger partial charge in [0.15, 0.2) is 0 Å². The Kier molecular flexibility index (Phi) is 7.04. The van der Waals surface area contributed by atoms with Crippen LogP contribution in [-0.4, -0.2) is 68.8 Å². The van der Waals surface area contributed by atoms with Crippen LogP contribution in [0.5, 0.6) is 0 Å². The Morgan fingerprint density at radius 3 is 2.36 bits per heavy atom. The van der Waals surface area contributed by atoms with E-state index in [4.69, 9.17) is 11.6 Å².